The number of rotatable bonds is 3. The fourth-order valence-electron chi connectivity index (χ4n) is 2.12. The van der Waals surface area contributed by atoms with Crippen molar-refractivity contribution in [3.05, 3.63) is 24.0 Å². The molecular formula is C12H16N4OS. The van der Waals surface area contributed by atoms with Gasteiger partial charge >= 0.3 is 0 Å². The van der Waals surface area contributed by atoms with Gasteiger partial charge in [0.2, 0.25) is 5.91 Å². The number of hydrogen-bond acceptors (Lipinski definition) is 4. The van der Waals surface area contributed by atoms with E-state index in [9.17, 15) is 4.79 Å². The number of hydrogen-bond donors (Lipinski definition) is 2. The van der Waals surface area contributed by atoms with E-state index in [2.05, 4.69) is 15.2 Å². The summed E-state index contributed by atoms with van der Waals surface area (Å²) in [6.07, 6.45) is 2.72. The topological polar surface area (TPSA) is 71.2 Å². The second-order valence-corrected chi connectivity index (χ2v) is 4.84. The van der Waals surface area contributed by atoms with Crippen LogP contribution in [0.1, 0.15) is 19.0 Å². The van der Waals surface area contributed by atoms with Gasteiger partial charge in [-0.15, -0.1) is 0 Å². The lowest BCUT2D eigenvalue weighted by Gasteiger charge is -2.18. The van der Waals surface area contributed by atoms with Gasteiger partial charge in [-0.1, -0.05) is 12.2 Å². The molecule has 5 nitrogen and oxygen atoms in total. The van der Waals surface area contributed by atoms with Gasteiger partial charge in [-0.2, -0.15) is 0 Å². The van der Waals surface area contributed by atoms with Gasteiger partial charge in [-0.3, -0.25) is 9.78 Å². The lowest BCUT2D eigenvalue weighted by molar-refractivity contribution is -0.119. The molecule has 18 heavy (non-hydrogen) atoms. The van der Waals surface area contributed by atoms with Gasteiger partial charge in [0.25, 0.3) is 0 Å². The monoisotopic (exact) mass is 264 g/mol. The highest BCUT2D eigenvalue weighted by atomic mass is 32.1. The maximum absolute atomic E-state index is 11.0. The molecule has 3 N–H and O–H groups in total. The first-order valence-electron chi connectivity index (χ1n) is 5.84. The van der Waals surface area contributed by atoms with E-state index in [0.717, 1.165) is 25.2 Å². The van der Waals surface area contributed by atoms with Crippen LogP contribution in [-0.4, -0.2) is 35.0 Å². The van der Waals surface area contributed by atoms with Gasteiger partial charge in [0, 0.05) is 26.1 Å². The van der Waals surface area contributed by atoms with Crippen LogP contribution in [0, 0.1) is 0 Å². The highest BCUT2D eigenvalue weighted by Gasteiger charge is 2.23. The SMILES string of the molecule is CC(=O)NC1CCN(c2ccc(C(N)=S)nc2)C1. The molecule has 96 valence electrons. The third-order valence-electron chi connectivity index (χ3n) is 2.96. The minimum Gasteiger partial charge on any atom is -0.388 e. The van der Waals surface area contributed by atoms with E-state index in [1.54, 1.807) is 13.1 Å². The minimum atomic E-state index is 0.0174. The largest absolute Gasteiger partial charge is 0.388 e. The number of nitrogens with zero attached hydrogens (tertiary/aromatic N) is 2. The molecule has 1 aromatic rings. The number of nitrogens with one attached hydrogen (secondary N) is 1. The zero-order chi connectivity index (χ0) is 13.1. The summed E-state index contributed by atoms with van der Waals surface area (Å²) in [5, 5.41) is 2.93. The molecule has 1 saturated heterocycles. The summed E-state index contributed by atoms with van der Waals surface area (Å²) < 4.78 is 0. The third kappa shape index (κ3) is 2.95. The first-order chi connectivity index (χ1) is 8.56. The number of anilines is 1. The van der Waals surface area contributed by atoms with E-state index in [1.165, 1.54) is 0 Å². The molecule has 1 fully saturated rings. The first-order valence-corrected chi connectivity index (χ1v) is 6.25. The van der Waals surface area contributed by atoms with Crippen LogP contribution in [0.5, 0.6) is 0 Å². The van der Waals surface area contributed by atoms with Crippen LogP contribution in [0.15, 0.2) is 18.3 Å². The lowest BCUT2D eigenvalue weighted by Crippen LogP contribution is -2.35. The summed E-state index contributed by atoms with van der Waals surface area (Å²) in [6.45, 7) is 3.27. The average Bonchev–Trinajstić information content (AvgIpc) is 2.76. The molecule has 6 heteroatoms. The standard InChI is InChI=1S/C12H16N4OS/c1-8(17)15-9-4-5-16(7-9)10-2-3-11(12(13)18)14-6-10/h2-3,6,9H,4-5,7H2,1H3,(H2,13,18)(H,15,17). The van der Waals surface area contributed by atoms with E-state index in [-0.39, 0.29) is 11.9 Å². The summed E-state index contributed by atoms with van der Waals surface area (Å²) in [5.41, 5.74) is 7.16. The molecule has 1 amide bonds. The molecule has 1 aliphatic rings. The Morgan fingerprint density at radius 2 is 2.39 bits per heavy atom. The van der Waals surface area contributed by atoms with Crippen molar-refractivity contribution in [3.63, 3.8) is 0 Å². The fourth-order valence-corrected chi connectivity index (χ4v) is 2.24. The van der Waals surface area contributed by atoms with Gasteiger partial charge in [0.15, 0.2) is 0 Å². The highest BCUT2D eigenvalue weighted by Crippen LogP contribution is 2.19. The van der Waals surface area contributed by atoms with Crippen molar-refractivity contribution in [1.82, 2.24) is 10.3 Å². The van der Waals surface area contributed by atoms with Gasteiger partial charge in [0.05, 0.1) is 17.6 Å². The zero-order valence-corrected chi connectivity index (χ0v) is 11.0. The van der Waals surface area contributed by atoms with Gasteiger partial charge in [-0.25, -0.2) is 0 Å². The van der Waals surface area contributed by atoms with Crippen molar-refractivity contribution in [2.24, 2.45) is 5.73 Å². The number of pyridine rings is 1. The maximum Gasteiger partial charge on any atom is 0.217 e. The molecule has 0 aromatic carbocycles. The Morgan fingerprint density at radius 1 is 1.61 bits per heavy atom. The normalized spacial score (nSPS) is 18.7. The summed E-state index contributed by atoms with van der Waals surface area (Å²) in [7, 11) is 0. The van der Waals surface area contributed by atoms with Crippen molar-refractivity contribution in [1.29, 1.82) is 0 Å². The quantitative estimate of drug-likeness (QED) is 0.775. The summed E-state index contributed by atoms with van der Waals surface area (Å²) in [4.78, 5) is 17.7. The van der Waals surface area contributed by atoms with E-state index in [4.69, 9.17) is 18.0 Å². The Hall–Kier alpha value is -1.69. The van der Waals surface area contributed by atoms with Crippen LogP contribution < -0.4 is 16.0 Å². The second-order valence-electron chi connectivity index (χ2n) is 4.40. The van der Waals surface area contributed by atoms with Gasteiger partial charge in [-0.05, 0) is 18.6 Å². The Morgan fingerprint density at radius 3 is 2.94 bits per heavy atom. The molecule has 0 aliphatic carbocycles. The molecule has 1 atom stereocenters. The number of carbonyl (C=O) groups excluding carboxylic acids is 1. The third-order valence-corrected chi connectivity index (χ3v) is 3.17. The predicted molar refractivity (Wildman–Crippen MR) is 74.6 cm³/mol. The van der Waals surface area contributed by atoms with Crippen molar-refractivity contribution >= 4 is 28.8 Å². The Bertz CT molecular complexity index is 460. The van der Waals surface area contributed by atoms with Crippen LogP contribution in [0.2, 0.25) is 0 Å². The maximum atomic E-state index is 11.0. The van der Waals surface area contributed by atoms with Gasteiger partial charge < -0.3 is 16.0 Å². The highest BCUT2D eigenvalue weighted by molar-refractivity contribution is 7.80. The molecule has 1 aliphatic heterocycles. The number of thiocarbonyl (C=S) groups is 1. The van der Waals surface area contributed by atoms with Crippen molar-refractivity contribution < 1.29 is 4.79 Å². The van der Waals surface area contributed by atoms with Gasteiger partial charge in [0.1, 0.15) is 4.99 Å². The van der Waals surface area contributed by atoms with Crippen LogP contribution in [0.25, 0.3) is 0 Å². The first kappa shape index (κ1) is 12.8. The number of carbonyl (C=O) groups is 1. The summed E-state index contributed by atoms with van der Waals surface area (Å²) in [6, 6.07) is 4.00. The molecule has 1 unspecified atom stereocenters. The molecule has 1 aromatic heterocycles. The Labute approximate surface area is 111 Å². The molecule has 0 spiro atoms. The van der Waals surface area contributed by atoms with Crippen LogP contribution >= 0.6 is 12.2 Å². The molecule has 0 saturated carbocycles. The molecule has 0 bridgehead atoms. The van der Waals surface area contributed by atoms with Crippen LogP contribution in [0.4, 0.5) is 5.69 Å². The zero-order valence-electron chi connectivity index (χ0n) is 10.2. The average molecular weight is 264 g/mol. The molecule has 2 heterocycles. The second kappa shape index (κ2) is 5.30. The lowest BCUT2D eigenvalue weighted by atomic mass is 10.2. The minimum absolute atomic E-state index is 0.0174. The number of aromatic nitrogens is 1. The number of amides is 1. The smallest absolute Gasteiger partial charge is 0.217 e. The van der Waals surface area contributed by atoms with Crippen LogP contribution in [-0.2, 0) is 4.79 Å². The van der Waals surface area contributed by atoms with Crippen molar-refractivity contribution in [3.8, 4) is 0 Å². The van der Waals surface area contributed by atoms with Crippen molar-refractivity contribution in [2.45, 2.75) is 19.4 Å². The Kier molecular flexibility index (Phi) is 3.76. The number of nitrogens with two attached hydrogens (primary N) is 1. The predicted octanol–water partition coefficient (Wildman–Crippen LogP) is 0.431. The molecule has 0 radical (unpaired) electrons. The van der Waals surface area contributed by atoms with E-state index < -0.39 is 0 Å². The Balaban J connectivity index is 2.01. The molecular weight excluding hydrogens is 248 g/mol. The summed E-state index contributed by atoms with van der Waals surface area (Å²) in [5.74, 6) is 0.0174. The summed E-state index contributed by atoms with van der Waals surface area (Å²) >= 11 is 4.86. The van der Waals surface area contributed by atoms with Crippen LogP contribution in [0.3, 0.4) is 0 Å². The van der Waals surface area contributed by atoms with Crippen molar-refractivity contribution in [2.75, 3.05) is 18.0 Å². The fraction of sp³-hybridized carbons (Fsp3) is 0.417. The van der Waals surface area contributed by atoms with E-state index >= 15 is 0 Å². The van der Waals surface area contributed by atoms with E-state index in [1.807, 2.05) is 12.1 Å². The molecule has 2 rings (SSSR count). The van der Waals surface area contributed by atoms with E-state index in [0.29, 0.717) is 10.7 Å².